The van der Waals surface area contributed by atoms with Crippen LogP contribution in [0.1, 0.15) is 6.42 Å². The molecule has 0 saturated carbocycles. The Bertz CT molecular complexity index is 245. The van der Waals surface area contributed by atoms with Crippen molar-refractivity contribution >= 4 is 11.8 Å². The molecule has 0 radical (unpaired) electrons. The number of fused-ring (bicyclic) bond motifs is 2. The van der Waals surface area contributed by atoms with Gasteiger partial charge < -0.3 is 5.32 Å². The summed E-state index contributed by atoms with van der Waals surface area (Å²) in [6.45, 7) is 3.49. The van der Waals surface area contributed by atoms with Gasteiger partial charge in [0, 0.05) is 12.6 Å². The van der Waals surface area contributed by atoms with Crippen molar-refractivity contribution in [1.29, 1.82) is 0 Å². The molecule has 2 atom stereocenters. The normalized spacial score (nSPS) is 34.4. The Labute approximate surface area is 63.9 Å². The monoisotopic (exact) mass is 152 g/mol. The van der Waals surface area contributed by atoms with E-state index >= 15 is 0 Å². The number of carbonyl (C=O) groups excluding carboxylic acids is 2. The molecule has 0 aliphatic carbocycles. The molecule has 2 bridgehead atoms. The van der Waals surface area contributed by atoms with Crippen molar-refractivity contribution in [3.05, 3.63) is 12.8 Å². The molecule has 2 amide bonds. The molecule has 2 aliphatic rings. The summed E-state index contributed by atoms with van der Waals surface area (Å²) in [5.74, 6) is -0.704. The van der Waals surface area contributed by atoms with E-state index in [4.69, 9.17) is 0 Å². The zero-order valence-corrected chi connectivity index (χ0v) is 5.91. The predicted octanol–water partition coefficient (Wildman–Crippen LogP) is -0.566. The van der Waals surface area contributed by atoms with Gasteiger partial charge in [-0.3, -0.25) is 14.5 Å². The summed E-state index contributed by atoms with van der Waals surface area (Å²) in [4.78, 5) is 23.6. The van der Waals surface area contributed by atoms with E-state index in [-0.39, 0.29) is 18.0 Å². The van der Waals surface area contributed by atoms with Crippen molar-refractivity contribution in [3.8, 4) is 0 Å². The van der Waals surface area contributed by atoms with Crippen LogP contribution in [0.3, 0.4) is 0 Å². The van der Waals surface area contributed by atoms with Crippen LogP contribution in [0.4, 0.5) is 0 Å². The molecular weight excluding hydrogens is 144 g/mol. The van der Waals surface area contributed by atoms with Gasteiger partial charge in [0.25, 0.3) is 0 Å². The summed E-state index contributed by atoms with van der Waals surface area (Å²) < 4.78 is 0. The first kappa shape index (κ1) is 6.39. The minimum absolute atomic E-state index is 0.117. The third-order valence-corrected chi connectivity index (χ3v) is 2.17. The standard InChI is InChI=1S/C7H8N2O2/c1-2-9-5-3-4(7(9)11)6(10)8-5/h2,4-5H,1,3H2,(H,8,10). The molecule has 2 saturated heterocycles. The van der Waals surface area contributed by atoms with Gasteiger partial charge in [0.2, 0.25) is 11.8 Å². The van der Waals surface area contributed by atoms with Gasteiger partial charge in [0.15, 0.2) is 0 Å². The smallest absolute Gasteiger partial charge is 0.240 e. The Morgan fingerprint density at radius 2 is 2.36 bits per heavy atom. The number of hydrogen-bond acceptors (Lipinski definition) is 2. The number of hydrogen-bond donors (Lipinski definition) is 1. The molecule has 2 heterocycles. The topological polar surface area (TPSA) is 49.4 Å². The number of rotatable bonds is 1. The molecule has 0 aromatic rings. The average Bonchev–Trinajstić information content (AvgIpc) is 2.44. The second kappa shape index (κ2) is 1.84. The maximum atomic E-state index is 11.2. The van der Waals surface area contributed by atoms with E-state index in [1.54, 1.807) is 0 Å². The Morgan fingerprint density at radius 1 is 1.64 bits per heavy atom. The Balaban J connectivity index is 2.30. The van der Waals surface area contributed by atoms with E-state index in [1.807, 2.05) is 0 Å². The number of amides is 2. The minimum Gasteiger partial charge on any atom is -0.335 e. The van der Waals surface area contributed by atoms with Gasteiger partial charge in [-0.05, 0) is 0 Å². The lowest BCUT2D eigenvalue weighted by atomic mass is 10.1. The first-order valence-corrected chi connectivity index (χ1v) is 3.49. The summed E-state index contributed by atoms with van der Waals surface area (Å²) in [6.07, 6.45) is 1.94. The highest BCUT2D eigenvalue weighted by Crippen LogP contribution is 2.29. The maximum Gasteiger partial charge on any atom is 0.240 e. The molecule has 4 heteroatoms. The molecule has 0 spiro atoms. The van der Waals surface area contributed by atoms with E-state index in [0.29, 0.717) is 6.42 Å². The highest BCUT2D eigenvalue weighted by atomic mass is 16.2. The molecule has 2 rings (SSSR count). The van der Waals surface area contributed by atoms with Crippen LogP contribution in [0.15, 0.2) is 12.8 Å². The zero-order valence-electron chi connectivity index (χ0n) is 5.91. The summed E-state index contributed by atoms with van der Waals surface area (Å²) in [6, 6.07) is 0. The Kier molecular flexibility index (Phi) is 1.07. The molecule has 4 nitrogen and oxygen atoms in total. The van der Waals surface area contributed by atoms with E-state index in [0.717, 1.165) is 0 Å². The average molecular weight is 152 g/mol. The molecule has 0 aromatic carbocycles. The van der Waals surface area contributed by atoms with Gasteiger partial charge in [-0.25, -0.2) is 0 Å². The number of likely N-dealkylation sites (tertiary alicyclic amines) is 1. The van der Waals surface area contributed by atoms with Crippen molar-refractivity contribution in [2.75, 3.05) is 0 Å². The van der Waals surface area contributed by atoms with Gasteiger partial charge in [-0.15, -0.1) is 0 Å². The van der Waals surface area contributed by atoms with E-state index in [2.05, 4.69) is 11.9 Å². The minimum atomic E-state index is -0.446. The molecular formula is C7H8N2O2. The molecule has 11 heavy (non-hydrogen) atoms. The molecule has 0 aromatic heterocycles. The van der Waals surface area contributed by atoms with E-state index in [1.165, 1.54) is 11.1 Å². The Morgan fingerprint density at radius 3 is 2.82 bits per heavy atom. The van der Waals surface area contributed by atoms with Crippen LogP contribution >= 0.6 is 0 Å². The van der Waals surface area contributed by atoms with Crippen molar-refractivity contribution in [3.63, 3.8) is 0 Å². The highest BCUT2D eigenvalue weighted by Gasteiger charge is 2.49. The lowest BCUT2D eigenvalue weighted by molar-refractivity contribution is -0.140. The highest BCUT2D eigenvalue weighted by molar-refractivity contribution is 6.05. The van der Waals surface area contributed by atoms with Crippen LogP contribution in [0.25, 0.3) is 0 Å². The second-order valence-electron chi connectivity index (χ2n) is 2.74. The van der Waals surface area contributed by atoms with Crippen molar-refractivity contribution in [1.82, 2.24) is 10.2 Å². The van der Waals surface area contributed by atoms with E-state index in [9.17, 15) is 9.59 Å². The van der Waals surface area contributed by atoms with Crippen LogP contribution in [0.2, 0.25) is 0 Å². The predicted molar refractivity (Wildman–Crippen MR) is 37.1 cm³/mol. The fraction of sp³-hybridized carbons (Fsp3) is 0.429. The van der Waals surface area contributed by atoms with Crippen molar-refractivity contribution in [2.45, 2.75) is 12.6 Å². The van der Waals surface area contributed by atoms with Gasteiger partial charge in [-0.1, -0.05) is 6.58 Å². The van der Waals surface area contributed by atoms with Crippen LogP contribution in [-0.4, -0.2) is 22.9 Å². The SMILES string of the molecule is C=CN1C(=O)C2CC1NC2=O. The number of nitrogens with one attached hydrogen (secondary N) is 1. The first-order chi connectivity index (χ1) is 5.24. The van der Waals surface area contributed by atoms with Crippen molar-refractivity contribution in [2.24, 2.45) is 5.92 Å². The first-order valence-electron chi connectivity index (χ1n) is 3.49. The molecule has 2 fully saturated rings. The van der Waals surface area contributed by atoms with Gasteiger partial charge in [0.1, 0.15) is 12.1 Å². The fourth-order valence-corrected chi connectivity index (χ4v) is 1.60. The van der Waals surface area contributed by atoms with Crippen LogP contribution < -0.4 is 5.32 Å². The van der Waals surface area contributed by atoms with Gasteiger partial charge in [0.05, 0.1) is 0 Å². The molecule has 1 N–H and O–H groups in total. The summed E-state index contributed by atoms with van der Waals surface area (Å²) in [7, 11) is 0. The molecule has 2 unspecified atom stereocenters. The third-order valence-electron chi connectivity index (χ3n) is 2.17. The zero-order chi connectivity index (χ0) is 8.01. The largest absolute Gasteiger partial charge is 0.335 e. The van der Waals surface area contributed by atoms with Crippen LogP contribution in [0.5, 0.6) is 0 Å². The quantitative estimate of drug-likeness (QED) is 0.512. The van der Waals surface area contributed by atoms with Gasteiger partial charge >= 0.3 is 0 Å². The maximum absolute atomic E-state index is 11.2. The lowest BCUT2D eigenvalue weighted by Crippen LogP contribution is -2.47. The Hall–Kier alpha value is -1.32. The van der Waals surface area contributed by atoms with Crippen LogP contribution in [-0.2, 0) is 9.59 Å². The summed E-state index contributed by atoms with van der Waals surface area (Å²) >= 11 is 0. The van der Waals surface area contributed by atoms with E-state index < -0.39 is 5.92 Å². The summed E-state index contributed by atoms with van der Waals surface area (Å²) in [5, 5.41) is 2.68. The summed E-state index contributed by atoms with van der Waals surface area (Å²) in [5.41, 5.74) is 0. The van der Waals surface area contributed by atoms with Gasteiger partial charge in [-0.2, -0.15) is 0 Å². The number of carbonyl (C=O) groups is 2. The number of nitrogens with zero attached hydrogens (tertiary/aromatic N) is 1. The van der Waals surface area contributed by atoms with Crippen LogP contribution in [0, 0.1) is 5.92 Å². The lowest BCUT2D eigenvalue weighted by Gasteiger charge is -2.23. The second-order valence-corrected chi connectivity index (χ2v) is 2.74. The molecule has 58 valence electrons. The van der Waals surface area contributed by atoms with Crippen molar-refractivity contribution < 1.29 is 9.59 Å². The fourth-order valence-electron chi connectivity index (χ4n) is 1.60. The molecule has 2 aliphatic heterocycles. The third kappa shape index (κ3) is 0.636.